The molecule has 0 fully saturated rings. The SMILES string of the molecule is CCNC(=NCc1ccc(S(C)(=O)=O)cc1)NCc1ncc(C)s1.I. The quantitative estimate of drug-likeness (QED) is 0.367. The Balaban J connectivity index is 0.00000312. The summed E-state index contributed by atoms with van der Waals surface area (Å²) in [4.78, 5) is 10.3. The third kappa shape index (κ3) is 7.28. The summed E-state index contributed by atoms with van der Waals surface area (Å²) in [6.45, 7) is 5.88. The predicted octanol–water partition coefficient (Wildman–Crippen LogP) is 2.73. The maximum atomic E-state index is 11.5. The average Bonchev–Trinajstić information content (AvgIpc) is 2.95. The first kappa shape index (κ1) is 21.8. The molecule has 9 heteroatoms. The van der Waals surface area contributed by atoms with E-state index in [4.69, 9.17) is 0 Å². The number of aryl methyl sites for hydroxylation is 1. The van der Waals surface area contributed by atoms with Gasteiger partial charge in [-0.15, -0.1) is 35.3 Å². The minimum absolute atomic E-state index is 0. The van der Waals surface area contributed by atoms with Gasteiger partial charge in [0.2, 0.25) is 0 Å². The molecule has 2 rings (SSSR count). The summed E-state index contributed by atoms with van der Waals surface area (Å²) in [5, 5.41) is 7.44. The second-order valence-electron chi connectivity index (χ2n) is 5.33. The van der Waals surface area contributed by atoms with E-state index in [1.165, 1.54) is 11.1 Å². The van der Waals surface area contributed by atoms with Crippen LogP contribution in [0.2, 0.25) is 0 Å². The summed E-state index contributed by atoms with van der Waals surface area (Å²) >= 11 is 1.65. The Bertz CT molecular complexity index is 802. The zero-order valence-corrected chi connectivity index (χ0v) is 18.4. The number of halogens is 1. The zero-order valence-electron chi connectivity index (χ0n) is 14.4. The molecule has 6 nitrogen and oxygen atoms in total. The van der Waals surface area contributed by atoms with Crippen molar-refractivity contribution in [3.8, 4) is 0 Å². The van der Waals surface area contributed by atoms with Gasteiger partial charge in [0.15, 0.2) is 15.8 Å². The third-order valence-electron chi connectivity index (χ3n) is 3.19. The molecule has 0 amide bonds. The van der Waals surface area contributed by atoms with Crippen LogP contribution in [0.25, 0.3) is 0 Å². The molecule has 0 aliphatic carbocycles. The normalized spacial score (nSPS) is 11.7. The molecular weight excluding hydrogens is 471 g/mol. The molecule has 1 heterocycles. The summed E-state index contributed by atoms with van der Waals surface area (Å²) in [5.74, 6) is 0.706. The lowest BCUT2D eigenvalue weighted by molar-refractivity contribution is 0.602. The predicted molar refractivity (Wildman–Crippen MR) is 113 cm³/mol. The Morgan fingerprint density at radius 3 is 2.44 bits per heavy atom. The van der Waals surface area contributed by atoms with Crippen LogP contribution in [0.4, 0.5) is 0 Å². The van der Waals surface area contributed by atoms with Crippen molar-refractivity contribution in [1.29, 1.82) is 0 Å². The molecular formula is C16H23IN4O2S2. The number of thiazole rings is 1. The number of aromatic nitrogens is 1. The first-order chi connectivity index (χ1) is 11.4. The summed E-state index contributed by atoms with van der Waals surface area (Å²) in [6, 6.07) is 6.79. The molecule has 0 saturated heterocycles. The van der Waals surface area contributed by atoms with Crippen LogP contribution >= 0.6 is 35.3 Å². The molecule has 0 saturated carbocycles. The van der Waals surface area contributed by atoms with Gasteiger partial charge in [0.1, 0.15) is 5.01 Å². The Kier molecular flexibility index (Phi) is 8.80. The van der Waals surface area contributed by atoms with Gasteiger partial charge in [-0.1, -0.05) is 12.1 Å². The van der Waals surface area contributed by atoms with E-state index < -0.39 is 9.84 Å². The van der Waals surface area contributed by atoms with Crippen molar-refractivity contribution in [3.05, 3.63) is 45.9 Å². The number of nitrogens with zero attached hydrogens (tertiary/aromatic N) is 2. The first-order valence-electron chi connectivity index (χ1n) is 7.61. The fraction of sp³-hybridized carbons (Fsp3) is 0.375. The van der Waals surface area contributed by atoms with Crippen molar-refractivity contribution in [3.63, 3.8) is 0 Å². The maximum absolute atomic E-state index is 11.5. The van der Waals surface area contributed by atoms with Crippen LogP contribution in [0.5, 0.6) is 0 Å². The lowest BCUT2D eigenvalue weighted by Crippen LogP contribution is -2.36. The smallest absolute Gasteiger partial charge is 0.191 e. The van der Waals surface area contributed by atoms with Gasteiger partial charge in [-0.25, -0.2) is 18.4 Å². The molecule has 0 atom stereocenters. The number of sulfone groups is 1. The number of guanidine groups is 1. The van der Waals surface area contributed by atoms with Gasteiger partial charge in [-0.3, -0.25) is 0 Å². The number of rotatable bonds is 6. The molecule has 2 N–H and O–H groups in total. The number of aliphatic imine (C=N–C) groups is 1. The highest BCUT2D eigenvalue weighted by Gasteiger charge is 2.06. The monoisotopic (exact) mass is 494 g/mol. The Morgan fingerprint density at radius 2 is 1.92 bits per heavy atom. The van der Waals surface area contributed by atoms with E-state index in [9.17, 15) is 8.42 Å². The summed E-state index contributed by atoms with van der Waals surface area (Å²) in [7, 11) is -3.16. The largest absolute Gasteiger partial charge is 0.357 e. The van der Waals surface area contributed by atoms with Gasteiger partial charge in [-0.05, 0) is 31.5 Å². The average molecular weight is 494 g/mol. The van der Waals surface area contributed by atoms with Gasteiger partial charge in [-0.2, -0.15) is 0 Å². The summed E-state index contributed by atoms with van der Waals surface area (Å²) in [6.07, 6.45) is 3.06. The highest BCUT2D eigenvalue weighted by molar-refractivity contribution is 14.0. The minimum Gasteiger partial charge on any atom is -0.357 e. The molecule has 2 aromatic rings. The maximum Gasteiger partial charge on any atom is 0.191 e. The Hall–Kier alpha value is -1.20. The van der Waals surface area contributed by atoms with E-state index >= 15 is 0 Å². The lowest BCUT2D eigenvalue weighted by atomic mass is 10.2. The molecule has 1 aromatic carbocycles. The van der Waals surface area contributed by atoms with E-state index in [-0.39, 0.29) is 24.0 Å². The van der Waals surface area contributed by atoms with Crippen molar-refractivity contribution in [2.24, 2.45) is 4.99 Å². The molecule has 0 unspecified atom stereocenters. The molecule has 0 bridgehead atoms. The van der Waals surface area contributed by atoms with E-state index in [2.05, 4.69) is 20.6 Å². The second kappa shape index (κ2) is 10.1. The fourth-order valence-corrected chi connectivity index (χ4v) is 3.35. The first-order valence-corrected chi connectivity index (χ1v) is 10.3. The van der Waals surface area contributed by atoms with Gasteiger partial charge < -0.3 is 10.6 Å². The number of hydrogen-bond acceptors (Lipinski definition) is 5. The summed E-state index contributed by atoms with van der Waals surface area (Å²) in [5.41, 5.74) is 0.949. The van der Waals surface area contributed by atoms with Crippen molar-refractivity contribution < 1.29 is 8.42 Å². The van der Waals surface area contributed by atoms with E-state index in [0.29, 0.717) is 23.9 Å². The Labute approximate surface area is 170 Å². The van der Waals surface area contributed by atoms with Gasteiger partial charge >= 0.3 is 0 Å². The van der Waals surface area contributed by atoms with E-state index in [1.54, 1.807) is 35.6 Å². The zero-order chi connectivity index (χ0) is 17.6. The second-order valence-corrected chi connectivity index (χ2v) is 8.66. The van der Waals surface area contributed by atoms with Crippen molar-refractivity contribution in [2.45, 2.75) is 31.8 Å². The molecule has 0 aliphatic heterocycles. The highest BCUT2D eigenvalue weighted by Crippen LogP contribution is 2.12. The van der Waals surface area contributed by atoms with Crippen molar-refractivity contribution in [2.75, 3.05) is 12.8 Å². The molecule has 0 radical (unpaired) electrons. The molecule has 1 aromatic heterocycles. The molecule has 25 heavy (non-hydrogen) atoms. The van der Waals surface area contributed by atoms with Crippen LogP contribution in [0.15, 0.2) is 40.4 Å². The van der Waals surface area contributed by atoms with E-state index in [0.717, 1.165) is 17.1 Å². The van der Waals surface area contributed by atoms with Crippen LogP contribution < -0.4 is 10.6 Å². The summed E-state index contributed by atoms with van der Waals surface area (Å²) < 4.78 is 22.9. The molecule has 138 valence electrons. The van der Waals surface area contributed by atoms with Crippen LogP contribution in [0, 0.1) is 6.92 Å². The van der Waals surface area contributed by atoms with Crippen molar-refractivity contribution >= 4 is 51.1 Å². The number of hydrogen-bond donors (Lipinski definition) is 2. The lowest BCUT2D eigenvalue weighted by Gasteiger charge is -2.10. The van der Waals surface area contributed by atoms with Gasteiger partial charge in [0.05, 0.1) is 18.0 Å². The van der Waals surface area contributed by atoms with E-state index in [1.807, 2.05) is 20.0 Å². The standard InChI is InChI=1S/C16H22N4O2S2.HI/c1-4-17-16(20-11-15-18-9-12(2)23-15)19-10-13-5-7-14(8-6-13)24(3,21)22;/h5-9H,4,10-11H2,1-3H3,(H2,17,19,20);1H. The van der Waals surface area contributed by atoms with Crippen LogP contribution in [0.3, 0.4) is 0 Å². The highest BCUT2D eigenvalue weighted by atomic mass is 127. The molecule has 0 spiro atoms. The third-order valence-corrected chi connectivity index (χ3v) is 5.23. The van der Waals surface area contributed by atoms with Crippen molar-refractivity contribution in [1.82, 2.24) is 15.6 Å². The van der Waals surface area contributed by atoms with Gasteiger partial charge in [0.25, 0.3) is 0 Å². The van der Waals surface area contributed by atoms with Gasteiger partial charge in [0, 0.05) is 23.9 Å². The van der Waals surface area contributed by atoms with Crippen LogP contribution in [0.1, 0.15) is 22.4 Å². The number of nitrogens with one attached hydrogen (secondary N) is 2. The topological polar surface area (TPSA) is 83.5 Å². The fourth-order valence-electron chi connectivity index (χ4n) is 2.00. The van der Waals surface area contributed by atoms with Crippen LogP contribution in [-0.4, -0.2) is 32.2 Å². The molecule has 0 aliphatic rings. The van der Waals surface area contributed by atoms with Crippen LogP contribution in [-0.2, 0) is 22.9 Å². The number of benzene rings is 1. The minimum atomic E-state index is -3.16. The Morgan fingerprint density at radius 1 is 1.24 bits per heavy atom.